The lowest BCUT2D eigenvalue weighted by molar-refractivity contribution is -0.203. The zero-order valence-electron chi connectivity index (χ0n) is 11.4. The van der Waals surface area contributed by atoms with Gasteiger partial charge in [-0.05, 0) is 18.8 Å². The molecule has 104 valence electrons. The molecule has 0 N–H and O–H groups in total. The van der Waals surface area contributed by atoms with Crippen molar-refractivity contribution in [3.63, 3.8) is 0 Å². The van der Waals surface area contributed by atoms with Crippen LogP contribution >= 0.6 is 0 Å². The Bertz CT molecular complexity index is 272. The van der Waals surface area contributed by atoms with E-state index in [2.05, 4.69) is 11.3 Å². The van der Waals surface area contributed by atoms with Crippen molar-refractivity contribution in [2.75, 3.05) is 6.61 Å². The second-order valence-corrected chi connectivity index (χ2v) is 6.39. The van der Waals surface area contributed by atoms with Crippen LogP contribution in [0.15, 0.2) is 0 Å². The molecule has 0 aliphatic carbocycles. The van der Waals surface area contributed by atoms with Crippen LogP contribution < -0.4 is 0 Å². The van der Waals surface area contributed by atoms with Gasteiger partial charge in [0.2, 0.25) is 0 Å². The van der Waals surface area contributed by atoms with Gasteiger partial charge in [-0.15, -0.1) is 4.33 Å². The first-order chi connectivity index (χ1) is 7.95. The summed E-state index contributed by atoms with van der Waals surface area (Å²) in [4.78, 5) is 4.79. The van der Waals surface area contributed by atoms with Crippen LogP contribution in [0.4, 0.5) is 0 Å². The summed E-state index contributed by atoms with van der Waals surface area (Å²) < 4.78 is 28.3. The molecule has 0 bridgehead atoms. The van der Waals surface area contributed by atoms with Crippen LogP contribution in [-0.4, -0.2) is 20.3 Å². The van der Waals surface area contributed by atoms with Crippen molar-refractivity contribution in [1.29, 1.82) is 0 Å². The fourth-order valence-electron chi connectivity index (χ4n) is 1.66. The predicted molar refractivity (Wildman–Crippen MR) is 69.0 cm³/mol. The summed E-state index contributed by atoms with van der Waals surface area (Å²) in [5.74, 6) is 0.0409. The quantitative estimate of drug-likeness (QED) is 0.346. The van der Waals surface area contributed by atoms with E-state index >= 15 is 0 Å². The van der Waals surface area contributed by atoms with E-state index in [-0.39, 0.29) is 5.92 Å². The molecule has 0 aromatic rings. The average molecular weight is 266 g/mol. The first-order valence-electron chi connectivity index (χ1n) is 6.50. The maximum atomic E-state index is 11.8. The lowest BCUT2D eigenvalue weighted by Crippen LogP contribution is -2.28. The van der Waals surface area contributed by atoms with Gasteiger partial charge in [-0.3, -0.25) is 0 Å². The molecule has 0 saturated heterocycles. The molecule has 0 aliphatic rings. The molecule has 0 radical (unpaired) electrons. The maximum Gasteiger partial charge on any atom is 0.296 e. The van der Waals surface area contributed by atoms with E-state index in [9.17, 15) is 8.42 Å². The highest BCUT2D eigenvalue weighted by Crippen LogP contribution is 2.19. The van der Waals surface area contributed by atoms with Crippen LogP contribution in [0.2, 0.25) is 0 Å². The zero-order valence-corrected chi connectivity index (χ0v) is 12.3. The minimum atomic E-state index is -3.59. The fourth-order valence-corrected chi connectivity index (χ4v) is 3.15. The average Bonchev–Trinajstić information content (AvgIpc) is 2.24. The summed E-state index contributed by atoms with van der Waals surface area (Å²) >= 11 is 0. The molecule has 1 atom stereocenters. The molecule has 0 aliphatic heterocycles. The van der Waals surface area contributed by atoms with Crippen molar-refractivity contribution >= 4 is 10.1 Å². The third-order valence-electron chi connectivity index (χ3n) is 2.66. The Balaban J connectivity index is 4.14. The van der Waals surface area contributed by atoms with E-state index in [1.807, 2.05) is 20.8 Å². The van der Waals surface area contributed by atoms with E-state index < -0.39 is 15.4 Å². The summed E-state index contributed by atoms with van der Waals surface area (Å²) in [6, 6.07) is 0. The molecule has 4 nitrogen and oxygen atoms in total. The van der Waals surface area contributed by atoms with Gasteiger partial charge in [0, 0.05) is 0 Å². The van der Waals surface area contributed by atoms with Crippen LogP contribution in [0.1, 0.15) is 59.8 Å². The Labute approximate surface area is 106 Å². The molecule has 17 heavy (non-hydrogen) atoms. The summed E-state index contributed by atoms with van der Waals surface area (Å²) in [6.45, 7) is 8.15. The van der Waals surface area contributed by atoms with Crippen molar-refractivity contribution in [2.45, 2.75) is 65.0 Å². The van der Waals surface area contributed by atoms with E-state index in [1.54, 1.807) is 0 Å². The lowest BCUT2D eigenvalue weighted by atomic mass is 10.1. The Morgan fingerprint density at radius 3 is 2.18 bits per heavy atom. The van der Waals surface area contributed by atoms with Crippen LogP contribution in [0.25, 0.3) is 0 Å². The molecular formula is C12H26O4S. The van der Waals surface area contributed by atoms with Gasteiger partial charge in [-0.2, -0.15) is 8.42 Å². The third-order valence-corrected chi connectivity index (χ3v) is 4.47. The minimum absolute atomic E-state index is 0.0409. The van der Waals surface area contributed by atoms with Gasteiger partial charge >= 0.3 is 0 Å². The van der Waals surface area contributed by atoms with Gasteiger partial charge in [-0.25, -0.2) is 4.89 Å². The first-order valence-corrected chi connectivity index (χ1v) is 7.97. The third kappa shape index (κ3) is 7.01. The minimum Gasteiger partial charge on any atom is -0.220 e. The van der Waals surface area contributed by atoms with Crippen molar-refractivity contribution in [3.05, 3.63) is 0 Å². The van der Waals surface area contributed by atoms with Gasteiger partial charge in [0.1, 0.15) is 0 Å². The van der Waals surface area contributed by atoms with Gasteiger partial charge in [0.15, 0.2) is 0 Å². The number of unbranched alkanes of at least 4 members (excludes halogenated alkanes) is 2. The molecule has 0 amide bonds. The molecular weight excluding hydrogens is 240 g/mol. The van der Waals surface area contributed by atoms with Crippen LogP contribution in [0, 0.1) is 5.92 Å². The SMILES string of the molecule is CCCCCOOS(=O)(=O)C(CCC)C(C)C. The Morgan fingerprint density at radius 2 is 1.71 bits per heavy atom. The number of hydrogen-bond acceptors (Lipinski definition) is 4. The Kier molecular flexibility index (Phi) is 8.82. The molecule has 0 aromatic carbocycles. The molecule has 0 saturated carbocycles. The summed E-state index contributed by atoms with van der Waals surface area (Å²) in [5, 5.41) is -0.473. The lowest BCUT2D eigenvalue weighted by Gasteiger charge is -2.19. The zero-order chi connectivity index (χ0) is 13.3. The normalized spacial score (nSPS) is 14.2. The van der Waals surface area contributed by atoms with Crippen LogP contribution in [0.3, 0.4) is 0 Å². The van der Waals surface area contributed by atoms with Crippen molar-refractivity contribution in [2.24, 2.45) is 5.92 Å². The molecule has 0 spiro atoms. The van der Waals surface area contributed by atoms with E-state index in [0.717, 1.165) is 25.7 Å². The van der Waals surface area contributed by atoms with E-state index in [4.69, 9.17) is 4.89 Å². The van der Waals surface area contributed by atoms with Crippen LogP contribution in [0.5, 0.6) is 0 Å². The molecule has 0 aromatic heterocycles. The van der Waals surface area contributed by atoms with Gasteiger partial charge in [0.05, 0.1) is 11.9 Å². The first kappa shape index (κ1) is 16.9. The van der Waals surface area contributed by atoms with Crippen LogP contribution in [-0.2, 0) is 19.3 Å². The topological polar surface area (TPSA) is 52.6 Å². The Morgan fingerprint density at radius 1 is 1.06 bits per heavy atom. The molecule has 5 heteroatoms. The highest BCUT2D eigenvalue weighted by molar-refractivity contribution is 7.87. The second kappa shape index (κ2) is 8.89. The van der Waals surface area contributed by atoms with E-state index in [1.165, 1.54) is 0 Å². The largest absolute Gasteiger partial charge is 0.296 e. The smallest absolute Gasteiger partial charge is 0.220 e. The monoisotopic (exact) mass is 266 g/mol. The number of hydrogen-bond donors (Lipinski definition) is 0. The molecule has 0 heterocycles. The molecule has 0 fully saturated rings. The standard InChI is InChI=1S/C12H26O4S/c1-5-7-8-10-15-16-17(13,14)12(9-6-2)11(3)4/h11-12H,5-10H2,1-4H3. The van der Waals surface area contributed by atoms with Crippen molar-refractivity contribution < 1.29 is 17.6 Å². The summed E-state index contributed by atoms with van der Waals surface area (Å²) in [5.41, 5.74) is 0. The van der Waals surface area contributed by atoms with Gasteiger partial charge in [0.25, 0.3) is 10.1 Å². The van der Waals surface area contributed by atoms with Gasteiger partial charge in [-0.1, -0.05) is 47.0 Å². The summed E-state index contributed by atoms with van der Waals surface area (Å²) in [6.07, 6.45) is 4.35. The van der Waals surface area contributed by atoms with Gasteiger partial charge < -0.3 is 0 Å². The van der Waals surface area contributed by atoms with E-state index in [0.29, 0.717) is 13.0 Å². The summed E-state index contributed by atoms with van der Waals surface area (Å²) in [7, 11) is -3.59. The Hall–Kier alpha value is -0.130. The fraction of sp³-hybridized carbons (Fsp3) is 1.00. The highest BCUT2D eigenvalue weighted by atomic mass is 32.2. The molecule has 1 unspecified atom stereocenters. The van der Waals surface area contributed by atoms with Crippen molar-refractivity contribution in [1.82, 2.24) is 0 Å². The second-order valence-electron chi connectivity index (χ2n) is 4.66. The maximum absolute atomic E-state index is 11.8. The highest BCUT2D eigenvalue weighted by Gasteiger charge is 2.29. The predicted octanol–water partition coefficient (Wildman–Crippen LogP) is 3.28. The van der Waals surface area contributed by atoms with Crippen molar-refractivity contribution in [3.8, 4) is 0 Å². The molecule has 0 rings (SSSR count). The number of rotatable bonds is 10.